The Morgan fingerprint density at radius 3 is 2.42 bits per heavy atom. The first kappa shape index (κ1) is 24.0. The molecule has 0 radical (unpaired) electrons. The number of hydrogen-bond acceptors (Lipinski definition) is 5. The molecule has 2 aromatic rings. The van der Waals surface area contributed by atoms with Crippen molar-refractivity contribution >= 4 is 29.5 Å². The molecular formula is C22H26ClN3O5. The quantitative estimate of drug-likeness (QED) is 0.537. The van der Waals surface area contributed by atoms with Gasteiger partial charge in [-0.1, -0.05) is 62.2 Å². The number of hydrogen-bond donors (Lipinski definition) is 3. The second-order valence-electron chi connectivity index (χ2n) is 6.86. The molecule has 3 amide bonds. The monoisotopic (exact) mass is 447 g/mol. The van der Waals surface area contributed by atoms with Crippen LogP contribution >= 0.6 is 11.6 Å². The SMILES string of the molecule is CCC(C)C(NC(=O)OCc1ccccc1)C(=O)NNC(=O)c1cc(Cl)ccc1OC. The Morgan fingerprint density at radius 2 is 1.77 bits per heavy atom. The Balaban J connectivity index is 1.97. The molecule has 9 heteroatoms. The third kappa shape index (κ3) is 7.18. The lowest BCUT2D eigenvalue weighted by Crippen LogP contribution is -2.54. The highest BCUT2D eigenvalue weighted by Crippen LogP contribution is 2.22. The van der Waals surface area contributed by atoms with Crippen LogP contribution in [0.25, 0.3) is 0 Å². The molecule has 0 aromatic heterocycles. The summed E-state index contributed by atoms with van der Waals surface area (Å²) in [6.45, 7) is 3.77. The molecule has 0 spiro atoms. The molecule has 2 aromatic carbocycles. The zero-order valence-corrected chi connectivity index (χ0v) is 18.4. The first-order chi connectivity index (χ1) is 14.8. The van der Waals surface area contributed by atoms with Gasteiger partial charge in [-0.25, -0.2) is 4.79 Å². The van der Waals surface area contributed by atoms with E-state index in [2.05, 4.69) is 16.2 Å². The van der Waals surface area contributed by atoms with Gasteiger partial charge in [0, 0.05) is 5.02 Å². The molecule has 0 aliphatic carbocycles. The number of nitrogens with one attached hydrogen (secondary N) is 3. The number of carbonyl (C=O) groups excluding carboxylic acids is 3. The van der Waals surface area contributed by atoms with Crippen LogP contribution in [0.15, 0.2) is 48.5 Å². The molecule has 0 aliphatic heterocycles. The van der Waals surface area contributed by atoms with Crippen molar-refractivity contribution in [3.05, 3.63) is 64.7 Å². The molecule has 31 heavy (non-hydrogen) atoms. The maximum Gasteiger partial charge on any atom is 0.408 e. The van der Waals surface area contributed by atoms with E-state index in [-0.39, 0.29) is 18.1 Å². The van der Waals surface area contributed by atoms with Gasteiger partial charge in [0.15, 0.2) is 0 Å². The van der Waals surface area contributed by atoms with Crippen molar-refractivity contribution in [1.82, 2.24) is 16.2 Å². The number of rotatable bonds is 8. The van der Waals surface area contributed by atoms with Gasteiger partial charge >= 0.3 is 6.09 Å². The summed E-state index contributed by atoms with van der Waals surface area (Å²) in [6.07, 6.45) is -0.111. The summed E-state index contributed by atoms with van der Waals surface area (Å²) < 4.78 is 10.3. The lowest BCUT2D eigenvalue weighted by Gasteiger charge is -2.23. The van der Waals surface area contributed by atoms with Crippen LogP contribution in [0.2, 0.25) is 5.02 Å². The Hall–Kier alpha value is -3.26. The number of carbonyl (C=O) groups is 3. The Kier molecular flexibility index (Phi) is 9.14. The Labute approximate surface area is 186 Å². The molecule has 0 saturated heterocycles. The lowest BCUT2D eigenvalue weighted by molar-refractivity contribution is -0.125. The number of benzene rings is 2. The van der Waals surface area contributed by atoms with Crippen LogP contribution in [-0.2, 0) is 16.1 Å². The minimum atomic E-state index is -0.908. The van der Waals surface area contributed by atoms with E-state index in [1.54, 1.807) is 12.1 Å². The molecule has 0 heterocycles. The van der Waals surface area contributed by atoms with E-state index in [0.717, 1.165) is 5.56 Å². The predicted molar refractivity (Wildman–Crippen MR) is 117 cm³/mol. The van der Waals surface area contributed by atoms with Crippen LogP contribution < -0.4 is 20.9 Å². The van der Waals surface area contributed by atoms with Gasteiger partial charge in [0.25, 0.3) is 11.8 Å². The fourth-order valence-electron chi connectivity index (χ4n) is 2.71. The zero-order valence-electron chi connectivity index (χ0n) is 17.6. The number of ether oxygens (including phenoxy) is 2. The van der Waals surface area contributed by atoms with E-state index in [0.29, 0.717) is 17.2 Å². The molecule has 0 saturated carbocycles. The average Bonchev–Trinajstić information content (AvgIpc) is 2.79. The second kappa shape index (κ2) is 11.8. The van der Waals surface area contributed by atoms with E-state index in [1.807, 2.05) is 44.2 Å². The van der Waals surface area contributed by atoms with Crippen molar-refractivity contribution in [3.63, 3.8) is 0 Å². The summed E-state index contributed by atoms with van der Waals surface area (Å²) in [5.74, 6) is -1.10. The minimum Gasteiger partial charge on any atom is -0.496 e. The summed E-state index contributed by atoms with van der Waals surface area (Å²) in [5.41, 5.74) is 5.64. The third-order valence-electron chi connectivity index (χ3n) is 4.69. The fraction of sp³-hybridized carbons (Fsp3) is 0.318. The van der Waals surface area contributed by atoms with Gasteiger partial charge in [0.2, 0.25) is 0 Å². The van der Waals surface area contributed by atoms with Gasteiger partial charge in [0.1, 0.15) is 18.4 Å². The summed E-state index contributed by atoms with van der Waals surface area (Å²) in [6, 6.07) is 12.8. The van der Waals surface area contributed by atoms with Crippen molar-refractivity contribution in [2.45, 2.75) is 32.9 Å². The number of halogens is 1. The Bertz CT molecular complexity index is 907. The van der Waals surface area contributed by atoms with Crippen LogP contribution in [0.4, 0.5) is 4.79 Å². The first-order valence-corrected chi connectivity index (χ1v) is 10.1. The van der Waals surface area contributed by atoms with Gasteiger partial charge < -0.3 is 14.8 Å². The first-order valence-electron chi connectivity index (χ1n) is 9.76. The molecule has 2 atom stereocenters. The standard InChI is InChI=1S/C22H26ClN3O5/c1-4-14(2)19(24-22(29)31-13-15-8-6-5-7-9-15)21(28)26-25-20(27)17-12-16(23)10-11-18(17)30-3/h5-12,14,19H,4,13H2,1-3H3,(H,24,29)(H,25,27)(H,26,28). The van der Waals surface area contributed by atoms with Crippen LogP contribution in [0, 0.1) is 5.92 Å². The van der Waals surface area contributed by atoms with E-state index < -0.39 is 23.9 Å². The maximum atomic E-state index is 12.7. The van der Waals surface area contributed by atoms with Crippen LogP contribution in [0.5, 0.6) is 5.75 Å². The van der Waals surface area contributed by atoms with E-state index in [1.165, 1.54) is 13.2 Å². The summed E-state index contributed by atoms with van der Waals surface area (Å²) in [7, 11) is 1.42. The summed E-state index contributed by atoms with van der Waals surface area (Å²) >= 11 is 5.94. The van der Waals surface area contributed by atoms with E-state index in [9.17, 15) is 14.4 Å². The van der Waals surface area contributed by atoms with Gasteiger partial charge in [-0.2, -0.15) is 0 Å². The number of amides is 3. The third-order valence-corrected chi connectivity index (χ3v) is 4.92. The summed E-state index contributed by atoms with van der Waals surface area (Å²) in [5, 5.41) is 2.91. The lowest BCUT2D eigenvalue weighted by atomic mass is 9.99. The smallest absolute Gasteiger partial charge is 0.408 e. The molecule has 0 fully saturated rings. The van der Waals surface area contributed by atoms with Gasteiger partial charge in [-0.3, -0.25) is 20.4 Å². The van der Waals surface area contributed by atoms with E-state index >= 15 is 0 Å². The fourth-order valence-corrected chi connectivity index (χ4v) is 2.89. The van der Waals surface area contributed by atoms with Crippen molar-refractivity contribution in [1.29, 1.82) is 0 Å². The molecule has 0 aliphatic rings. The highest BCUT2D eigenvalue weighted by atomic mass is 35.5. The molecule has 0 bridgehead atoms. The van der Waals surface area contributed by atoms with Crippen molar-refractivity contribution in [3.8, 4) is 5.75 Å². The number of hydrazine groups is 1. The molecular weight excluding hydrogens is 422 g/mol. The zero-order chi connectivity index (χ0) is 22.8. The number of alkyl carbamates (subject to hydrolysis) is 1. The van der Waals surface area contributed by atoms with E-state index in [4.69, 9.17) is 21.1 Å². The molecule has 166 valence electrons. The normalized spacial score (nSPS) is 12.3. The highest BCUT2D eigenvalue weighted by molar-refractivity contribution is 6.31. The summed E-state index contributed by atoms with van der Waals surface area (Å²) in [4.78, 5) is 37.3. The van der Waals surface area contributed by atoms with Crippen LogP contribution in [-0.4, -0.2) is 31.1 Å². The van der Waals surface area contributed by atoms with Gasteiger partial charge in [-0.05, 0) is 29.7 Å². The van der Waals surface area contributed by atoms with Gasteiger partial charge in [0.05, 0.1) is 12.7 Å². The van der Waals surface area contributed by atoms with Crippen LogP contribution in [0.3, 0.4) is 0 Å². The molecule has 3 N–H and O–H groups in total. The predicted octanol–water partition coefficient (Wildman–Crippen LogP) is 3.45. The highest BCUT2D eigenvalue weighted by Gasteiger charge is 2.27. The average molecular weight is 448 g/mol. The minimum absolute atomic E-state index is 0.0762. The molecule has 2 rings (SSSR count). The maximum absolute atomic E-state index is 12.7. The molecule has 8 nitrogen and oxygen atoms in total. The Morgan fingerprint density at radius 1 is 1.06 bits per heavy atom. The second-order valence-corrected chi connectivity index (χ2v) is 7.29. The molecule has 2 unspecified atom stereocenters. The number of methoxy groups -OCH3 is 1. The largest absolute Gasteiger partial charge is 0.496 e. The van der Waals surface area contributed by atoms with Crippen molar-refractivity contribution in [2.75, 3.05) is 7.11 Å². The topological polar surface area (TPSA) is 106 Å². The van der Waals surface area contributed by atoms with Gasteiger partial charge in [-0.15, -0.1) is 0 Å². The van der Waals surface area contributed by atoms with Crippen molar-refractivity contribution in [2.24, 2.45) is 5.92 Å². The van der Waals surface area contributed by atoms with Crippen molar-refractivity contribution < 1.29 is 23.9 Å². The van der Waals surface area contributed by atoms with Crippen LogP contribution in [0.1, 0.15) is 36.2 Å².